The molecule has 4 heteroatoms. The zero-order chi connectivity index (χ0) is 11.7. The van der Waals surface area contributed by atoms with E-state index in [-0.39, 0.29) is 0 Å². The molecule has 0 saturated heterocycles. The van der Waals surface area contributed by atoms with Gasteiger partial charge in [-0.15, -0.1) is 0 Å². The minimum atomic E-state index is 0.524. The molecular formula is C12H12N4. The van der Waals surface area contributed by atoms with Crippen LogP contribution in [0.3, 0.4) is 0 Å². The number of rotatable bonds is 1. The standard InChI is InChI=1S/C12H12N4/c1-7-3-8(2)10(4-9(7)5-13)11-6-15-16-12(11)14/h3-4,6H,1-2H3,(H3,14,15,16). The van der Waals surface area contributed by atoms with Crippen molar-refractivity contribution in [1.82, 2.24) is 10.2 Å². The molecule has 0 radical (unpaired) electrons. The molecule has 0 saturated carbocycles. The molecule has 1 aromatic heterocycles. The van der Waals surface area contributed by atoms with Crippen LogP contribution in [0.4, 0.5) is 5.82 Å². The van der Waals surface area contributed by atoms with Gasteiger partial charge in [0, 0.05) is 5.56 Å². The summed E-state index contributed by atoms with van der Waals surface area (Å²) in [4.78, 5) is 0. The molecule has 2 aromatic rings. The van der Waals surface area contributed by atoms with Crippen molar-refractivity contribution in [2.24, 2.45) is 0 Å². The fraction of sp³-hybridized carbons (Fsp3) is 0.167. The smallest absolute Gasteiger partial charge is 0.126 e. The van der Waals surface area contributed by atoms with Gasteiger partial charge in [-0.05, 0) is 36.6 Å². The van der Waals surface area contributed by atoms with E-state index in [1.165, 1.54) is 0 Å². The Bertz CT molecular complexity index is 575. The zero-order valence-corrected chi connectivity index (χ0v) is 9.20. The average Bonchev–Trinajstić information content (AvgIpc) is 2.65. The van der Waals surface area contributed by atoms with E-state index in [0.717, 1.165) is 22.3 Å². The first-order valence-electron chi connectivity index (χ1n) is 4.94. The Morgan fingerprint density at radius 1 is 1.25 bits per heavy atom. The van der Waals surface area contributed by atoms with Gasteiger partial charge in [-0.2, -0.15) is 10.4 Å². The van der Waals surface area contributed by atoms with Gasteiger partial charge in [0.1, 0.15) is 5.82 Å². The van der Waals surface area contributed by atoms with E-state index in [1.807, 2.05) is 26.0 Å². The third-order valence-corrected chi connectivity index (χ3v) is 2.65. The van der Waals surface area contributed by atoms with Crippen molar-refractivity contribution in [2.45, 2.75) is 13.8 Å². The summed E-state index contributed by atoms with van der Waals surface area (Å²) in [6.45, 7) is 3.92. The monoisotopic (exact) mass is 212 g/mol. The van der Waals surface area contributed by atoms with Crippen LogP contribution in [0, 0.1) is 25.2 Å². The van der Waals surface area contributed by atoms with Gasteiger partial charge in [0.05, 0.1) is 17.8 Å². The molecular weight excluding hydrogens is 200 g/mol. The summed E-state index contributed by atoms with van der Waals surface area (Å²) in [6.07, 6.45) is 1.67. The number of nitrogens with zero attached hydrogens (tertiary/aromatic N) is 2. The predicted molar refractivity (Wildman–Crippen MR) is 62.6 cm³/mol. The third kappa shape index (κ3) is 1.52. The summed E-state index contributed by atoms with van der Waals surface area (Å²) >= 11 is 0. The number of H-pyrrole nitrogens is 1. The first kappa shape index (κ1) is 10.2. The molecule has 0 fully saturated rings. The van der Waals surface area contributed by atoms with Crippen LogP contribution in [0.2, 0.25) is 0 Å². The van der Waals surface area contributed by atoms with Gasteiger partial charge >= 0.3 is 0 Å². The summed E-state index contributed by atoms with van der Waals surface area (Å²) in [5.74, 6) is 0.524. The van der Waals surface area contributed by atoms with E-state index in [1.54, 1.807) is 6.20 Å². The van der Waals surface area contributed by atoms with Gasteiger partial charge < -0.3 is 5.73 Å². The van der Waals surface area contributed by atoms with Crippen molar-refractivity contribution >= 4 is 5.82 Å². The Labute approximate surface area is 93.7 Å². The van der Waals surface area contributed by atoms with Crippen LogP contribution in [-0.4, -0.2) is 10.2 Å². The van der Waals surface area contributed by atoms with Crippen molar-refractivity contribution in [3.8, 4) is 17.2 Å². The molecule has 0 aliphatic rings. The highest BCUT2D eigenvalue weighted by Crippen LogP contribution is 2.29. The van der Waals surface area contributed by atoms with E-state index in [2.05, 4.69) is 16.3 Å². The van der Waals surface area contributed by atoms with Crippen LogP contribution in [0.25, 0.3) is 11.1 Å². The second-order valence-corrected chi connectivity index (χ2v) is 3.79. The highest BCUT2D eigenvalue weighted by atomic mass is 15.1. The molecule has 0 amide bonds. The van der Waals surface area contributed by atoms with E-state index in [0.29, 0.717) is 11.4 Å². The molecule has 0 aliphatic carbocycles. The number of anilines is 1. The van der Waals surface area contributed by atoms with Crippen LogP contribution in [-0.2, 0) is 0 Å². The first-order valence-corrected chi connectivity index (χ1v) is 4.94. The number of benzene rings is 1. The summed E-state index contributed by atoms with van der Waals surface area (Å²) in [5.41, 5.74) is 10.3. The highest BCUT2D eigenvalue weighted by molar-refractivity contribution is 5.77. The summed E-state index contributed by atoms with van der Waals surface area (Å²) in [6, 6.07) is 6.01. The highest BCUT2D eigenvalue weighted by Gasteiger charge is 2.10. The maximum Gasteiger partial charge on any atom is 0.126 e. The Morgan fingerprint density at radius 3 is 2.56 bits per heavy atom. The Morgan fingerprint density at radius 2 is 2.00 bits per heavy atom. The van der Waals surface area contributed by atoms with Crippen molar-refractivity contribution in [3.05, 3.63) is 35.0 Å². The number of nitrogen functional groups attached to an aromatic ring is 1. The minimum absolute atomic E-state index is 0.524. The van der Waals surface area contributed by atoms with Crippen LogP contribution in [0.5, 0.6) is 0 Å². The number of hydrogen-bond acceptors (Lipinski definition) is 3. The van der Waals surface area contributed by atoms with Crippen LogP contribution in [0.1, 0.15) is 16.7 Å². The lowest BCUT2D eigenvalue weighted by Gasteiger charge is -2.07. The lowest BCUT2D eigenvalue weighted by molar-refractivity contribution is 1.10. The fourth-order valence-electron chi connectivity index (χ4n) is 1.77. The Hall–Kier alpha value is -2.28. The van der Waals surface area contributed by atoms with Gasteiger partial charge in [0.25, 0.3) is 0 Å². The molecule has 4 nitrogen and oxygen atoms in total. The van der Waals surface area contributed by atoms with E-state index in [9.17, 15) is 0 Å². The molecule has 2 rings (SSSR count). The number of nitriles is 1. The van der Waals surface area contributed by atoms with Gasteiger partial charge in [-0.3, -0.25) is 5.10 Å². The summed E-state index contributed by atoms with van der Waals surface area (Å²) in [5, 5.41) is 15.6. The topological polar surface area (TPSA) is 78.5 Å². The second kappa shape index (κ2) is 3.70. The molecule has 0 spiro atoms. The molecule has 0 atom stereocenters. The van der Waals surface area contributed by atoms with Gasteiger partial charge in [0.2, 0.25) is 0 Å². The number of nitrogens with one attached hydrogen (secondary N) is 1. The first-order chi connectivity index (χ1) is 7.63. The number of hydrogen-bond donors (Lipinski definition) is 2. The van der Waals surface area contributed by atoms with Crippen molar-refractivity contribution in [2.75, 3.05) is 5.73 Å². The minimum Gasteiger partial charge on any atom is -0.384 e. The summed E-state index contributed by atoms with van der Waals surface area (Å²) < 4.78 is 0. The third-order valence-electron chi connectivity index (χ3n) is 2.65. The number of nitrogens with two attached hydrogens (primary N) is 1. The van der Waals surface area contributed by atoms with Crippen LogP contribution in [0.15, 0.2) is 18.3 Å². The summed E-state index contributed by atoms with van der Waals surface area (Å²) in [7, 11) is 0. The normalized spacial score (nSPS) is 10.1. The molecule has 1 aromatic carbocycles. The molecule has 1 heterocycles. The van der Waals surface area contributed by atoms with Crippen molar-refractivity contribution in [1.29, 1.82) is 5.26 Å². The molecule has 3 N–H and O–H groups in total. The van der Waals surface area contributed by atoms with Crippen molar-refractivity contribution in [3.63, 3.8) is 0 Å². The zero-order valence-electron chi connectivity index (χ0n) is 9.20. The molecule has 80 valence electrons. The lowest BCUT2D eigenvalue weighted by Crippen LogP contribution is -1.92. The van der Waals surface area contributed by atoms with Gasteiger partial charge in [0.15, 0.2) is 0 Å². The molecule has 16 heavy (non-hydrogen) atoms. The lowest BCUT2D eigenvalue weighted by atomic mass is 9.97. The predicted octanol–water partition coefficient (Wildman–Crippen LogP) is 2.15. The number of aryl methyl sites for hydroxylation is 2. The van der Waals surface area contributed by atoms with Gasteiger partial charge in [-0.1, -0.05) is 6.07 Å². The maximum absolute atomic E-state index is 9.00. The van der Waals surface area contributed by atoms with E-state index in [4.69, 9.17) is 11.0 Å². The van der Waals surface area contributed by atoms with Gasteiger partial charge in [-0.25, -0.2) is 0 Å². The quantitative estimate of drug-likeness (QED) is 0.760. The fourth-order valence-corrected chi connectivity index (χ4v) is 1.77. The number of aromatic nitrogens is 2. The SMILES string of the molecule is Cc1cc(C)c(-c2cn[nH]c2N)cc1C#N. The molecule has 0 unspecified atom stereocenters. The Balaban J connectivity index is 2.67. The number of aromatic amines is 1. The maximum atomic E-state index is 9.00. The van der Waals surface area contributed by atoms with E-state index < -0.39 is 0 Å². The second-order valence-electron chi connectivity index (χ2n) is 3.79. The Kier molecular flexibility index (Phi) is 2.37. The molecule has 0 aliphatic heterocycles. The van der Waals surface area contributed by atoms with Crippen LogP contribution < -0.4 is 5.73 Å². The largest absolute Gasteiger partial charge is 0.384 e. The van der Waals surface area contributed by atoms with Crippen molar-refractivity contribution < 1.29 is 0 Å². The average molecular weight is 212 g/mol. The van der Waals surface area contributed by atoms with Crippen LogP contribution >= 0.6 is 0 Å². The van der Waals surface area contributed by atoms with E-state index >= 15 is 0 Å². The molecule has 0 bridgehead atoms.